The first-order valence-electron chi connectivity index (χ1n) is 6.12. The second-order valence-corrected chi connectivity index (χ2v) is 4.88. The van der Waals surface area contributed by atoms with E-state index < -0.39 is 6.10 Å². The molecule has 3 unspecified atom stereocenters. The molecule has 1 aliphatic rings. The van der Waals surface area contributed by atoms with Gasteiger partial charge in [-0.3, -0.25) is 0 Å². The molecule has 0 saturated heterocycles. The summed E-state index contributed by atoms with van der Waals surface area (Å²) in [6.45, 7) is 1.80. The van der Waals surface area contributed by atoms with Gasteiger partial charge in [-0.2, -0.15) is 0 Å². The predicted molar refractivity (Wildman–Crippen MR) is 64.1 cm³/mol. The topological polar surface area (TPSA) is 40.5 Å². The van der Waals surface area contributed by atoms with Crippen LogP contribution < -0.4 is 0 Å². The van der Waals surface area contributed by atoms with Gasteiger partial charge in [0, 0.05) is 0 Å². The molecule has 1 aromatic rings. The van der Waals surface area contributed by atoms with Gasteiger partial charge in [0.05, 0.1) is 12.2 Å². The minimum Gasteiger partial charge on any atom is -0.393 e. The summed E-state index contributed by atoms with van der Waals surface area (Å²) in [4.78, 5) is 0. The third-order valence-corrected chi connectivity index (χ3v) is 3.49. The summed E-state index contributed by atoms with van der Waals surface area (Å²) in [5, 5.41) is 19.8. The Bertz CT molecular complexity index is 346. The fourth-order valence-electron chi connectivity index (χ4n) is 2.70. The van der Waals surface area contributed by atoms with Gasteiger partial charge in [-0.15, -0.1) is 0 Å². The lowest BCUT2D eigenvalue weighted by Gasteiger charge is -2.23. The number of aliphatic hydroxyl groups excluding tert-OH is 2. The van der Waals surface area contributed by atoms with Crippen LogP contribution in [0.1, 0.15) is 43.4 Å². The molecule has 3 atom stereocenters. The molecule has 2 heteroatoms. The van der Waals surface area contributed by atoms with Crippen molar-refractivity contribution in [2.75, 3.05) is 0 Å². The van der Waals surface area contributed by atoms with Crippen LogP contribution in [0.2, 0.25) is 0 Å². The molecule has 0 amide bonds. The Morgan fingerprint density at radius 2 is 2.12 bits per heavy atom. The molecule has 1 aromatic carbocycles. The lowest BCUT2D eigenvalue weighted by molar-refractivity contribution is 0.0639. The van der Waals surface area contributed by atoms with Crippen molar-refractivity contribution in [3.05, 3.63) is 35.4 Å². The molecule has 88 valence electrons. The van der Waals surface area contributed by atoms with Gasteiger partial charge in [0.1, 0.15) is 0 Å². The molecule has 0 spiro atoms. The molecule has 0 radical (unpaired) electrons. The molecule has 0 heterocycles. The summed E-state index contributed by atoms with van der Waals surface area (Å²) in [5.41, 5.74) is 2.33. The van der Waals surface area contributed by atoms with Gasteiger partial charge in [-0.05, 0) is 49.7 Å². The smallest absolute Gasteiger partial charge is 0.0821 e. The van der Waals surface area contributed by atoms with E-state index in [0.717, 1.165) is 24.8 Å². The number of aliphatic hydroxyl groups is 2. The maximum absolute atomic E-state index is 10.3. The second-order valence-electron chi connectivity index (χ2n) is 4.88. The molecule has 16 heavy (non-hydrogen) atoms. The van der Waals surface area contributed by atoms with E-state index in [1.54, 1.807) is 6.92 Å². The number of hydrogen-bond acceptors (Lipinski definition) is 2. The summed E-state index contributed by atoms with van der Waals surface area (Å²) in [6, 6.07) is 8.12. The Labute approximate surface area is 96.9 Å². The summed E-state index contributed by atoms with van der Waals surface area (Å²) < 4.78 is 0. The van der Waals surface area contributed by atoms with Crippen molar-refractivity contribution < 1.29 is 10.2 Å². The maximum atomic E-state index is 10.3. The fraction of sp³-hybridized carbons (Fsp3) is 0.571. The maximum Gasteiger partial charge on any atom is 0.0821 e. The molecular weight excluding hydrogens is 200 g/mol. The van der Waals surface area contributed by atoms with Crippen LogP contribution in [0.25, 0.3) is 0 Å². The van der Waals surface area contributed by atoms with E-state index in [-0.39, 0.29) is 12.0 Å². The predicted octanol–water partition coefficient (Wildman–Crippen LogP) is 2.44. The lowest BCUT2D eigenvalue weighted by atomic mass is 9.89. The zero-order chi connectivity index (χ0) is 11.5. The number of rotatable bonds is 2. The number of hydrogen-bond donors (Lipinski definition) is 2. The van der Waals surface area contributed by atoms with Crippen molar-refractivity contribution in [2.45, 2.75) is 44.8 Å². The van der Waals surface area contributed by atoms with Gasteiger partial charge in [-0.25, -0.2) is 0 Å². The van der Waals surface area contributed by atoms with Crippen molar-refractivity contribution in [2.24, 2.45) is 5.92 Å². The first-order valence-corrected chi connectivity index (χ1v) is 6.12. The van der Waals surface area contributed by atoms with Crippen molar-refractivity contribution >= 4 is 0 Å². The fourth-order valence-corrected chi connectivity index (χ4v) is 2.70. The monoisotopic (exact) mass is 220 g/mol. The first-order chi connectivity index (χ1) is 7.68. The Morgan fingerprint density at radius 1 is 1.38 bits per heavy atom. The SMILES string of the molecule is CC(O)CC1CCCc2ccccc2C1O. The molecule has 2 N–H and O–H groups in total. The molecule has 1 aliphatic carbocycles. The largest absolute Gasteiger partial charge is 0.393 e. The molecule has 0 fully saturated rings. The van der Waals surface area contributed by atoms with E-state index in [4.69, 9.17) is 0 Å². The van der Waals surface area contributed by atoms with Crippen LogP contribution in [0.3, 0.4) is 0 Å². The highest BCUT2D eigenvalue weighted by Gasteiger charge is 2.26. The van der Waals surface area contributed by atoms with E-state index in [1.165, 1.54) is 5.56 Å². The van der Waals surface area contributed by atoms with Crippen LogP contribution in [0.15, 0.2) is 24.3 Å². The summed E-state index contributed by atoms with van der Waals surface area (Å²) in [7, 11) is 0. The van der Waals surface area contributed by atoms with Crippen LogP contribution in [-0.2, 0) is 6.42 Å². The Hall–Kier alpha value is -0.860. The van der Waals surface area contributed by atoms with Gasteiger partial charge >= 0.3 is 0 Å². The lowest BCUT2D eigenvalue weighted by Crippen LogP contribution is -2.17. The normalized spacial score (nSPS) is 26.9. The van der Waals surface area contributed by atoms with Gasteiger partial charge in [-0.1, -0.05) is 24.3 Å². The second kappa shape index (κ2) is 4.98. The minimum atomic E-state index is -0.409. The zero-order valence-electron chi connectivity index (χ0n) is 9.76. The van der Waals surface area contributed by atoms with Crippen molar-refractivity contribution in [1.29, 1.82) is 0 Å². The first kappa shape index (κ1) is 11.6. The van der Waals surface area contributed by atoms with Crippen LogP contribution in [-0.4, -0.2) is 16.3 Å². The number of aryl methyl sites for hydroxylation is 1. The molecule has 0 bridgehead atoms. The summed E-state index contributed by atoms with van der Waals surface area (Å²) in [5.74, 6) is 0.198. The molecule has 0 aliphatic heterocycles. The molecular formula is C14H20O2. The standard InChI is InChI=1S/C14H20O2/c1-10(15)9-12-7-4-6-11-5-2-3-8-13(11)14(12)16/h2-3,5,8,10,12,14-16H,4,6-7,9H2,1H3. The third kappa shape index (κ3) is 2.45. The van der Waals surface area contributed by atoms with Gasteiger partial charge in [0.25, 0.3) is 0 Å². The third-order valence-electron chi connectivity index (χ3n) is 3.49. The molecule has 0 aromatic heterocycles. The molecule has 2 nitrogen and oxygen atoms in total. The molecule has 2 rings (SSSR count). The van der Waals surface area contributed by atoms with E-state index in [0.29, 0.717) is 6.42 Å². The van der Waals surface area contributed by atoms with Gasteiger partial charge in [0.15, 0.2) is 0 Å². The summed E-state index contributed by atoms with van der Waals surface area (Å²) in [6.07, 6.45) is 3.10. The van der Waals surface area contributed by atoms with Crippen molar-refractivity contribution in [3.8, 4) is 0 Å². The van der Waals surface area contributed by atoms with Crippen LogP contribution in [0, 0.1) is 5.92 Å². The Balaban J connectivity index is 2.22. The van der Waals surface area contributed by atoms with Crippen molar-refractivity contribution in [1.82, 2.24) is 0 Å². The Morgan fingerprint density at radius 3 is 2.88 bits per heavy atom. The van der Waals surface area contributed by atoms with E-state index in [1.807, 2.05) is 18.2 Å². The van der Waals surface area contributed by atoms with E-state index >= 15 is 0 Å². The Kier molecular flexibility index (Phi) is 3.62. The van der Waals surface area contributed by atoms with Crippen molar-refractivity contribution in [3.63, 3.8) is 0 Å². The number of fused-ring (bicyclic) bond motifs is 1. The number of benzene rings is 1. The highest BCUT2D eigenvalue weighted by Crippen LogP contribution is 2.35. The highest BCUT2D eigenvalue weighted by atomic mass is 16.3. The quantitative estimate of drug-likeness (QED) is 0.752. The van der Waals surface area contributed by atoms with Gasteiger partial charge < -0.3 is 10.2 Å². The van der Waals surface area contributed by atoms with Crippen LogP contribution in [0.5, 0.6) is 0 Å². The summed E-state index contributed by atoms with van der Waals surface area (Å²) >= 11 is 0. The minimum absolute atomic E-state index is 0.198. The van der Waals surface area contributed by atoms with E-state index in [9.17, 15) is 10.2 Å². The van der Waals surface area contributed by atoms with E-state index in [2.05, 4.69) is 6.07 Å². The van der Waals surface area contributed by atoms with Gasteiger partial charge in [0.2, 0.25) is 0 Å². The highest BCUT2D eigenvalue weighted by molar-refractivity contribution is 5.30. The average Bonchev–Trinajstić information content (AvgIpc) is 2.40. The van der Waals surface area contributed by atoms with Crippen LogP contribution in [0.4, 0.5) is 0 Å². The van der Waals surface area contributed by atoms with Crippen LogP contribution >= 0.6 is 0 Å². The average molecular weight is 220 g/mol. The zero-order valence-corrected chi connectivity index (χ0v) is 9.76. The molecule has 0 saturated carbocycles.